The van der Waals surface area contributed by atoms with Gasteiger partial charge in [0, 0.05) is 12.0 Å². The molecule has 1 saturated heterocycles. The first-order chi connectivity index (χ1) is 12.9. The van der Waals surface area contributed by atoms with Crippen molar-refractivity contribution in [2.24, 2.45) is 0 Å². The number of carbonyl (C=O) groups is 1. The van der Waals surface area contributed by atoms with Gasteiger partial charge in [0.25, 0.3) is 0 Å². The lowest BCUT2D eigenvalue weighted by atomic mass is 9.79. The maximum Gasteiger partial charge on any atom is 0.494 e. The van der Waals surface area contributed by atoms with Crippen molar-refractivity contribution in [3.63, 3.8) is 0 Å². The van der Waals surface area contributed by atoms with Crippen LogP contribution in [0.25, 0.3) is 0 Å². The summed E-state index contributed by atoms with van der Waals surface area (Å²) < 4.78 is 17.2. The van der Waals surface area contributed by atoms with E-state index in [2.05, 4.69) is 15.5 Å². The molecule has 3 rings (SSSR count). The molecule has 0 radical (unpaired) electrons. The Bertz CT molecular complexity index is 837. The SMILES string of the molecule is CC(C)(C)c1noc(C(=O)NCc2ccc(B3OC(C)(C)C(C)(C)O3)cc2)n1. The van der Waals surface area contributed by atoms with Crippen LogP contribution in [0.5, 0.6) is 0 Å². The van der Waals surface area contributed by atoms with Crippen LogP contribution in [0.3, 0.4) is 0 Å². The Labute approximate surface area is 166 Å². The summed E-state index contributed by atoms with van der Waals surface area (Å²) in [6.07, 6.45) is 0. The van der Waals surface area contributed by atoms with Crippen molar-refractivity contribution in [2.75, 3.05) is 0 Å². The molecule has 1 aromatic heterocycles. The minimum absolute atomic E-state index is 0.0289. The van der Waals surface area contributed by atoms with Gasteiger partial charge in [0.05, 0.1) is 11.2 Å². The number of benzene rings is 1. The third-order valence-electron chi connectivity index (χ3n) is 5.25. The van der Waals surface area contributed by atoms with Gasteiger partial charge in [-0.25, -0.2) is 0 Å². The number of hydrogen-bond donors (Lipinski definition) is 1. The second-order valence-electron chi connectivity index (χ2n) is 9.19. The summed E-state index contributed by atoms with van der Waals surface area (Å²) in [5, 5.41) is 6.67. The summed E-state index contributed by atoms with van der Waals surface area (Å²) in [5.41, 5.74) is 0.871. The second-order valence-corrected chi connectivity index (χ2v) is 9.19. The first-order valence-corrected chi connectivity index (χ1v) is 9.46. The fourth-order valence-corrected chi connectivity index (χ4v) is 2.65. The molecule has 0 spiro atoms. The van der Waals surface area contributed by atoms with Crippen molar-refractivity contribution in [1.29, 1.82) is 0 Å². The highest BCUT2D eigenvalue weighted by Crippen LogP contribution is 2.36. The van der Waals surface area contributed by atoms with Gasteiger partial charge in [-0.2, -0.15) is 4.98 Å². The lowest BCUT2D eigenvalue weighted by Gasteiger charge is -2.32. The third-order valence-corrected chi connectivity index (χ3v) is 5.25. The molecule has 1 fully saturated rings. The molecule has 0 aliphatic carbocycles. The molecule has 0 atom stereocenters. The van der Waals surface area contributed by atoms with Crippen molar-refractivity contribution in [3.8, 4) is 0 Å². The van der Waals surface area contributed by atoms with Gasteiger partial charge in [-0.15, -0.1) is 0 Å². The minimum Gasteiger partial charge on any atom is -0.399 e. The largest absolute Gasteiger partial charge is 0.494 e. The van der Waals surface area contributed by atoms with Crippen LogP contribution in [0.2, 0.25) is 0 Å². The van der Waals surface area contributed by atoms with Crippen molar-refractivity contribution in [1.82, 2.24) is 15.5 Å². The van der Waals surface area contributed by atoms with E-state index in [1.807, 2.05) is 72.7 Å². The van der Waals surface area contributed by atoms with E-state index in [9.17, 15) is 4.79 Å². The first-order valence-electron chi connectivity index (χ1n) is 9.46. The fraction of sp³-hybridized carbons (Fsp3) is 0.550. The van der Waals surface area contributed by atoms with E-state index in [0.717, 1.165) is 11.0 Å². The molecule has 1 amide bonds. The van der Waals surface area contributed by atoms with E-state index in [1.165, 1.54) is 0 Å². The summed E-state index contributed by atoms with van der Waals surface area (Å²) in [4.78, 5) is 16.4. The predicted octanol–water partition coefficient (Wildman–Crippen LogP) is 2.60. The van der Waals surface area contributed by atoms with Crippen LogP contribution >= 0.6 is 0 Å². The number of aromatic nitrogens is 2. The zero-order valence-corrected chi connectivity index (χ0v) is 17.6. The maximum absolute atomic E-state index is 12.2. The van der Waals surface area contributed by atoms with Gasteiger partial charge in [-0.3, -0.25) is 4.79 Å². The van der Waals surface area contributed by atoms with Gasteiger partial charge in [-0.05, 0) is 38.7 Å². The molecular weight excluding hydrogens is 357 g/mol. The lowest BCUT2D eigenvalue weighted by molar-refractivity contribution is 0.00578. The Hall–Kier alpha value is -2.19. The van der Waals surface area contributed by atoms with Crippen LogP contribution in [0.1, 0.15) is 70.5 Å². The second kappa shape index (κ2) is 7.01. The van der Waals surface area contributed by atoms with Gasteiger partial charge >= 0.3 is 18.9 Å². The highest BCUT2D eigenvalue weighted by molar-refractivity contribution is 6.62. The summed E-state index contributed by atoms with van der Waals surface area (Å²) in [5.74, 6) is 0.0845. The molecule has 1 aromatic carbocycles. The molecule has 2 heterocycles. The van der Waals surface area contributed by atoms with Gasteiger partial charge in [0.15, 0.2) is 5.82 Å². The van der Waals surface area contributed by atoms with E-state index >= 15 is 0 Å². The van der Waals surface area contributed by atoms with Crippen LogP contribution in [-0.2, 0) is 21.3 Å². The predicted molar refractivity (Wildman–Crippen MR) is 106 cm³/mol. The molecule has 1 N–H and O–H groups in total. The van der Waals surface area contributed by atoms with Crippen LogP contribution in [0.15, 0.2) is 28.8 Å². The molecular formula is C20H28BN3O4. The van der Waals surface area contributed by atoms with E-state index in [1.54, 1.807) is 0 Å². The third kappa shape index (κ3) is 4.13. The Morgan fingerprint density at radius 2 is 1.64 bits per heavy atom. The number of amides is 1. The topological polar surface area (TPSA) is 86.5 Å². The minimum atomic E-state index is -0.400. The smallest absolute Gasteiger partial charge is 0.399 e. The van der Waals surface area contributed by atoms with Crippen molar-refractivity contribution >= 4 is 18.5 Å². The summed E-state index contributed by atoms with van der Waals surface area (Å²) in [7, 11) is -0.400. The standard InChI is InChI=1S/C20H28BN3O4/c1-18(2,3)17-23-16(26-24-17)15(25)22-12-13-8-10-14(11-9-13)21-27-19(4,5)20(6,7)28-21/h8-11H,12H2,1-7H3,(H,22,25). The highest BCUT2D eigenvalue weighted by Gasteiger charge is 2.51. The number of rotatable bonds is 4. The summed E-state index contributed by atoms with van der Waals surface area (Å²) in [6.45, 7) is 14.3. The quantitative estimate of drug-likeness (QED) is 0.815. The molecule has 8 heteroatoms. The van der Waals surface area contributed by atoms with Gasteiger partial charge in [-0.1, -0.05) is 50.2 Å². The normalized spacial score (nSPS) is 18.3. The Balaban J connectivity index is 1.59. The summed E-state index contributed by atoms with van der Waals surface area (Å²) in [6, 6.07) is 7.78. The zero-order chi connectivity index (χ0) is 20.7. The van der Waals surface area contributed by atoms with Gasteiger partial charge in [0.2, 0.25) is 0 Å². The zero-order valence-electron chi connectivity index (χ0n) is 17.6. The maximum atomic E-state index is 12.2. The molecule has 150 valence electrons. The molecule has 2 aromatic rings. The molecule has 7 nitrogen and oxygen atoms in total. The number of nitrogens with one attached hydrogen (secondary N) is 1. The molecule has 1 aliphatic rings. The monoisotopic (exact) mass is 385 g/mol. The van der Waals surface area contributed by atoms with Crippen molar-refractivity contribution in [3.05, 3.63) is 41.5 Å². The van der Waals surface area contributed by atoms with E-state index in [0.29, 0.717) is 12.4 Å². The Morgan fingerprint density at radius 3 is 2.14 bits per heavy atom. The summed E-state index contributed by atoms with van der Waals surface area (Å²) >= 11 is 0. The fourth-order valence-electron chi connectivity index (χ4n) is 2.65. The molecule has 0 bridgehead atoms. The average Bonchev–Trinajstić information content (AvgIpc) is 3.16. The molecule has 0 saturated carbocycles. The lowest BCUT2D eigenvalue weighted by Crippen LogP contribution is -2.41. The van der Waals surface area contributed by atoms with Gasteiger partial charge in [0.1, 0.15) is 0 Å². The molecule has 1 aliphatic heterocycles. The number of hydrogen-bond acceptors (Lipinski definition) is 6. The molecule has 0 unspecified atom stereocenters. The number of nitrogens with zero attached hydrogens (tertiary/aromatic N) is 2. The van der Waals surface area contributed by atoms with Crippen LogP contribution in [-0.4, -0.2) is 34.4 Å². The van der Waals surface area contributed by atoms with Crippen LogP contribution in [0, 0.1) is 0 Å². The van der Waals surface area contributed by atoms with E-state index in [4.69, 9.17) is 13.8 Å². The van der Waals surface area contributed by atoms with E-state index in [-0.39, 0.29) is 22.5 Å². The van der Waals surface area contributed by atoms with Crippen molar-refractivity contribution < 1.29 is 18.6 Å². The Kier molecular flexibility index (Phi) is 5.14. The highest BCUT2D eigenvalue weighted by atomic mass is 16.7. The van der Waals surface area contributed by atoms with E-state index < -0.39 is 13.0 Å². The molecule has 28 heavy (non-hydrogen) atoms. The number of carbonyl (C=O) groups excluding carboxylic acids is 1. The van der Waals surface area contributed by atoms with Crippen molar-refractivity contribution in [2.45, 2.75) is 71.6 Å². The van der Waals surface area contributed by atoms with Gasteiger partial charge < -0.3 is 19.1 Å². The average molecular weight is 385 g/mol. The van der Waals surface area contributed by atoms with Crippen LogP contribution < -0.4 is 10.8 Å². The first kappa shape index (κ1) is 20.5. The van der Waals surface area contributed by atoms with Crippen LogP contribution in [0.4, 0.5) is 0 Å². The Morgan fingerprint density at radius 1 is 1.07 bits per heavy atom.